The minimum Gasteiger partial charge on any atom is -0.349 e. The smallest absolute Gasteiger partial charge is 0.227 e. The van der Waals surface area contributed by atoms with Crippen molar-refractivity contribution in [1.29, 1.82) is 0 Å². The summed E-state index contributed by atoms with van der Waals surface area (Å²) >= 11 is 0. The molecule has 2 rings (SSSR count). The van der Waals surface area contributed by atoms with E-state index in [0.29, 0.717) is 6.54 Å². The molecule has 4 nitrogen and oxygen atoms in total. The molecule has 1 saturated heterocycles. The predicted molar refractivity (Wildman–Crippen MR) is 91.8 cm³/mol. The highest BCUT2D eigenvalue weighted by Gasteiger charge is 2.33. The molecule has 2 amide bonds. The van der Waals surface area contributed by atoms with Gasteiger partial charge < -0.3 is 10.2 Å². The molecule has 0 aromatic heterocycles. The van der Waals surface area contributed by atoms with Crippen LogP contribution in [0.1, 0.15) is 52.1 Å². The normalized spacial score (nSPS) is 20.0. The number of nitrogens with zero attached hydrogens (tertiary/aromatic N) is 1. The van der Waals surface area contributed by atoms with Crippen molar-refractivity contribution in [3.8, 4) is 0 Å². The number of piperidine rings is 1. The molecule has 0 aliphatic carbocycles. The van der Waals surface area contributed by atoms with Gasteiger partial charge in [0, 0.05) is 18.5 Å². The van der Waals surface area contributed by atoms with Crippen LogP contribution in [-0.2, 0) is 9.59 Å². The molecule has 1 heterocycles. The molecule has 1 aromatic rings. The van der Waals surface area contributed by atoms with E-state index < -0.39 is 5.41 Å². The summed E-state index contributed by atoms with van der Waals surface area (Å²) in [5, 5.41) is 3.09. The number of nitrogens with one attached hydrogen (secondary N) is 1. The van der Waals surface area contributed by atoms with Gasteiger partial charge in [-0.15, -0.1) is 0 Å². The zero-order valence-electron chi connectivity index (χ0n) is 14.6. The van der Waals surface area contributed by atoms with Gasteiger partial charge in [0.15, 0.2) is 0 Å². The molecule has 0 saturated carbocycles. The van der Waals surface area contributed by atoms with Gasteiger partial charge >= 0.3 is 0 Å². The summed E-state index contributed by atoms with van der Waals surface area (Å²) in [6.45, 7) is 9.06. The zero-order chi connectivity index (χ0) is 17.0. The van der Waals surface area contributed by atoms with Crippen LogP contribution >= 0.6 is 0 Å². The highest BCUT2D eigenvalue weighted by Crippen LogP contribution is 2.24. The standard InChI is InChI=1S/C19H28N2O2/c1-14(15-9-6-5-7-10-15)20-17(22)16-11-8-12-21(13-16)18(23)19(2,3)4/h5-7,9-10,14,16H,8,11-13H2,1-4H3,(H,20,22). The van der Waals surface area contributed by atoms with E-state index in [4.69, 9.17) is 0 Å². The van der Waals surface area contributed by atoms with Crippen LogP contribution in [0, 0.1) is 11.3 Å². The van der Waals surface area contributed by atoms with Gasteiger partial charge in [0.05, 0.1) is 12.0 Å². The maximum absolute atomic E-state index is 12.6. The fourth-order valence-corrected chi connectivity index (χ4v) is 3.01. The lowest BCUT2D eigenvalue weighted by Crippen LogP contribution is -2.48. The van der Waals surface area contributed by atoms with Crippen LogP contribution < -0.4 is 5.32 Å². The third-order valence-corrected chi connectivity index (χ3v) is 4.38. The Bertz CT molecular complexity index is 548. The maximum atomic E-state index is 12.6. The van der Waals surface area contributed by atoms with E-state index in [2.05, 4.69) is 5.32 Å². The van der Waals surface area contributed by atoms with E-state index in [-0.39, 0.29) is 23.8 Å². The molecule has 0 spiro atoms. The van der Waals surface area contributed by atoms with Crippen LogP contribution in [0.3, 0.4) is 0 Å². The van der Waals surface area contributed by atoms with Gasteiger partial charge in [0.2, 0.25) is 11.8 Å². The van der Waals surface area contributed by atoms with Crippen LogP contribution in [0.25, 0.3) is 0 Å². The number of rotatable bonds is 3. The molecule has 4 heteroatoms. The lowest BCUT2D eigenvalue weighted by Gasteiger charge is -2.36. The first-order valence-corrected chi connectivity index (χ1v) is 8.43. The molecular weight excluding hydrogens is 288 g/mol. The predicted octanol–water partition coefficient (Wildman–Crippen LogP) is 3.15. The molecule has 23 heavy (non-hydrogen) atoms. The van der Waals surface area contributed by atoms with Crippen LogP contribution in [-0.4, -0.2) is 29.8 Å². The van der Waals surface area contributed by atoms with Crippen molar-refractivity contribution >= 4 is 11.8 Å². The average Bonchev–Trinajstić information content (AvgIpc) is 2.54. The number of hydrogen-bond donors (Lipinski definition) is 1. The summed E-state index contributed by atoms with van der Waals surface area (Å²) in [4.78, 5) is 26.8. The fourth-order valence-electron chi connectivity index (χ4n) is 3.01. The number of hydrogen-bond acceptors (Lipinski definition) is 2. The summed E-state index contributed by atoms with van der Waals surface area (Å²) in [6, 6.07) is 9.93. The first-order valence-electron chi connectivity index (χ1n) is 8.43. The van der Waals surface area contributed by atoms with Crippen LogP contribution in [0.15, 0.2) is 30.3 Å². The summed E-state index contributed by atoms with van der Waals surface area (Å²) in [5.74, 6) is 0.0695. The van der Waals surface area contributed by atoms with Gasteiger partial charge in [-0.2, -0.15) is 0 Å². The second-order valence-corrected chi connectivity index (χ2v) is 7.48. The van der Waals surface area contributed by atoms with Gasteiger partial charge in [-0.25, -0.2) is 0 Å². The Kier molecular flexibility index (Phi) is 5.45. The van der Waals surface area contributed by atoms with Crippen LogP contribution in [0.2, 0.25) is 0 Å². The second kappa shape index (κ2) is 7.16. The van der Waals surface area contributed by atoms with E-state index in [0.717, 1.165) is 24.9 Å². The van der Waals surface area contributed by atoms with Gasteiger partial charge in [-0.1, -0.05) is 51.1 Å². The minimum absolute atomic E-state index is 0.0163. The number of likely N-dealkylation sites (tertiary alicyclic amines) is 1. The highest BCUT2D eigenvalue weighted by atomic mass is 16.2. The minimum atomic E-state index is -0.393. The Morgan fingerprint density at radius 1 is 1.22 bits per heavy atom. The number of amides is 2. The van der Waals surface area contributed by atoms with Crippen molar-refractivity contribution in [2.75, 3.05) is 13.1 Å². The lowest BCUT2D eigenvalue weighted by atomic mass is 9.90. The van der Waals surface area contributed by atoms with Gasteiger partial charge in [-0.3, -0.25) is 9.59 Å². The maximum Gasteiger partial charge on any atom is 0.227 e. The zero-order valence-corrected chi connectivity index (χ0v) is 14.6. The molecule has 1 aromatic carbocycles. The summed E-state index contributed by atoms with van der Waals surface area (Å²) in [7, 11) is 0. The Morgan fingerprint density at radius 3 is 2.48 bits per heavy atom. The fraction of sp³-hybridized carbons (Fsp3) is 0.579. The molecule has 0 bridgehead atoms. The molecule has 1 N–H and O–H groups in total. The quantitative estimate of drug-likeness (QED) is 0.931. The summed E-state index contributed by atoms with van der Waals surface area (Å²) < 4.78 is 0. The molecule has 1 aliphatic heterocycles. The summed E-state index contributed by atoms with van der Waals surface area (Å²) in [5.41, 5.74) is 0.703. The second-order valence-electron chi connectivity index (χ2n) is 7.48. The Labute approximate surface area is 139 Å². The first-order chi connectivity index (χ1) is 10.8. The molecule has 1 fully saturated rings. The molecule has 0 radical (unpaired) electrons. The van der Waals surface area contributed by atoms with Gasteiger partial charge in [0.1, 0.15) is 0 Å². The average molecular weight is 316 g/mol. The van der Waals surface area contributed by atoms with Crippen molar-refractivity contribution in [2.45, 2.75) is 46.6 Å². The first kappa shape index (κ1) is 17.5. The molecular formula is C19H28N2O2. The molecule has 1 aliphatic rings. The van der Waals surface area contributed by atoms with Crippen molar-refractivity contribution in [2.24, 2.45) is 11.3 Å². The van der Waals surface area contributed by atoms with Crippen molar-refractivity contribution < 1.29 is 9.59 Å². The van der Waals surface area contributed by atoms with Crippen LogP contribution in [0.5, 0.6) is 0 Å². The largest absolute Gasteiger partial charge is 0.349 e. The number of carbonyl (C=O) groups is 2. The molecule has 2 unspecified atom stereocenters. The Balaban J connectivity index is 1.96. The highest BCUT2D eigenvalue weighted by molar-refractivity contribution is 5.84. The SMILES string of the molecule is CC(NC(=O)C1CCCN(C(=O)C(C)(C)C)C1)c1ccccc1. The van der Waals surface area contributed by atoms with Gasteiger partial charge in [0.25, 0.3) is 0 Å². The van der Waals surface area contributed by atoms with Crippen molar-refractivity contribution in [3.63, 3.8) is 0 Å². The van der Waals surface area contributed by atoms with Crippen molar-refractivity contribution in [1.82, 2.24) is 10.2 Å². The van der Waals surface area contributed by atoms with Crippen LogP contribution in [0.4, 0.5) is 0 Å². The van der Waals surface area contributed by atoms with E-state index in [1.54, 1.807) is 0 Å². The van der Waals surface area contributed by atoms with Gasteiger partial charge in [-0.05, 0) is 25.3 Å². The Morgan fingerprint density at radius 2 is 1.87 bits per heavy atom. The molecule has 2 atom stereocenters. The summed E-state index contributed by atoms with van der Waals surface area (Å²) in [6.07, 6.45) is 1.74. The van der Waals surface area contributed by atoms with E-state index in [1.807, 2.05) is 62.9 Å². The Hall–Kier alpha value is -1.84. The third-order valence-electron chi connectivity index (χ3n) is 4.38. The van der Waals surface area contributed by atoms with Crippen molar-refractivity contribution in [3.05, 3.63) is 35.9 Å². The molecule has 126 valence electrons. The third kappa shape index (κ3) is 4.57. The van der Waals surface area contributed by atoms with E-state index in [9.17, 15) is 9.59 Å². The number of benzene rings is 1. The number of carbonyl (C=O) groups excluding carboxylic acids is 2. The van der Waals surface area contributed by atoms with E-state index in [1.165, 1.54) is 0 Å². The topological polar surface area (TPSA) is 49.4 Å². The lowest BCUT2D eigenvalue weighted by molar-refractivity contribution is -0.142. The monoisotopic (exact) mass is 316 g/mol. The van der Waals surface area contributed by atoms with E-state index >= 15 is 0 Å².